The number of hydrogen-bond acceptors (Lipinski definition) is 4. The van der Waals surface area contributed by atoms with E-state index in [9.17, 15) is 14.3 Å². The fraction of sp³-hybridized carbons (Fsp3) is 0.533. The minimum Gasteiger partial charge on any atom is -0.507 e. The molecular formula is C15H21FN2O2. The van der Waals surface area contributed by atoms with Crippen LogP contribution in [0.5, 0.6) is 5.75 Å². The molecule has 1 saturated heterocycles. The summed E-state index contributed by atoms with van der Waals surface area (Å²) in [5, 5.41) is 9.68. The largest absolute Gasteiger partial charge is 0.507 e. The maximum absolute atomic E-state index is 13.2. The first-order valence-electron chi connectivity index (χ1n) is 6.88. The Kier molecular flexibility index (Phi) is 4.73. The van der Waals surface area contributed by atoms with Crippen molar-refractivity contribution in [2.75, 3.05) is 33.7 Å². The van der Waals surface area contributed by atoms with E-state index in [1.807, 2.05) is 14.1 Å². The zero-order valence-electron chi connectivity index (χ0n) is 12.0. The van der Waals surface area contributed by atoms with Gasteiger partial charge in [0, 0.05) is 12.6 Å². The van der Waals surface area contributed by atoms with Crippen molar-refractivity contribution in [3.63, 3.8) is 0 Å². The second kappa shape index (κ2) is 6.33. The highest BCUT2D eigenvalue weighted by atomic mass is 19.1. The van der Waals surface area contributed by atoms with Crippen LogP contribution in [-0.2, 0) is 0 Å². The maximum atomic E-state index is 13.2. The number of likely N-dealkylation sites (tertiary alicyclic amines) is 1. The minimum absolute atomic E-state index is 0.0699. The molecule has 0 aromatic heterocycles. The molecule has 0 amide bonds. The zero-order valence-corrected chi connectivity index (χ0v) is 12.0. The van der Waals surface area contributed by atoms with Gasteiger partial charge in [-0.05, 0) is 51.7 Å². The zero-order chi connectivity index (χ0) is 14.7. The van der Waals surface area contributed by atoms with Crippen molar-refractivity contribution in [3.8, 4) is 5.75 Å². The molecule has 0 bridgehead atoms. The SMILES string of the molecule is CN(C)CC1CCCN1CC(=O)c1cc(F)ccc1O. The molecule has 110 valence electrons. The van der Waals surface area contributed by atoms with E-state index in [0.29, 0.717) is 6.04 Å². The van der Waals surface area contributed by atoms with Gasteiger partial charge in [0.2, 0.25) is 0 Å². The number of carbonyl (C=O) groups excluding carboxylic acids is 1. The lowest BCUT2D eigenvalue weighted by atomic mass is 10.1. The van der Waals surface area contributed by atoms with Gasteiger partial charge in [0.25, 0.3) is 0 Å². The molecular weight excluding hydrogens is 259 g/mol. The molecule has 1 atom stereocenters. The Labute approximate surface area is 118 Å². The summed E-state index contributed by atoms with van der Waals surface area (Å²) in [4.78, 5) is 16.4. The standard InChI is InChI=1S/C15H21FN2O2/c1-17(2)9-12-4-3-7-18(12)10-15(20)13-8-11(16)5-6-14(13)19/h5-6,8,12,19H,3-4,7,9-10H2,1-2H3. The average molecular weight is 280 g/mol. The second-order valence-corrected chi connectivity index (χ2v) is 5.61. The van der Waals surface area contributed by atoms with Gasteiger partial charge in [-0.25, -0.2) is 4.39 Å². The van der Waals surface area contributed by atoms with E-state index in [2.05, 4.69) is 9.80 Å². The number of ketones is 1. The molecule has 1 aromatic rings. The summed E-state index contributed by atoms with van der Waals surface area (Å²) in [6.45, 7) is 2.01. The number of carbonyl (C=O) groups is 1. The van der Waals surface area contributed by atoms with Crippen molar-refractivity contribution in [1.82, 2.24) is 9.80 Å². The minimum atomic E-state index is -0.502. The molecule has 0 saturated carbocycles. The fourth-order valence-corrected chi connectivity index (χ4v) is 2.73. The van der Waals surface area contributed by atoms with E-state index in [-0.39, 0.29) is 23.6 Å². The third-order valence-corrected chi connectivity index (χ3v) is 3.68. The molecule has 4 nitrogen and oxygen atoms in total. The number of aromatic hydroxyl groups is 1. The van der Waals surface area contributed by atoms with Crippen LogP contribution in [0.3, 0.4) is 0 Å². The van der Waals surface area contributed by atoms with E-state index in [4.69, 9.17) is 0 Å². The van der Waals surface area contributed by atoms with Gasteiger partial charge in [-0.2, -0.15) is 0 Å². The smallest absolute Gasteiger partial charge is 0.180 e. The lowest BCUT2D eigenvalue weighted by molar-refractivity contribution is 0.0907. The third-order valence-electron chi connectivity index (χ3n) is 3.68. The number of Topliss-reactive ketones (excluding diaryl/α,β-unsaturated/α-hetero) is 1. The summed E-state index contributed by atoms with van der Waals surface area (Å²) in [6.07, 6.45) is 2.14. The molecule has 20 heavy (non-hydrogen) atoms. The van der Waals surface area contributed by atoms with E-state index in [1.54, 1.807) is 0 Å². The molecule has 1 unspecified atom stereocenters. The van der Waals surface area contributed by atoms with Gasteiger partial charge in [0.15, 0.2) is 5.78 Å². The molecule has 0 aliphatic carbocycles. The number of phenols is 1. The van der Waals surface area contributed by atoms with Gasteiger partial charge in [-0.3, -0.25) is 9.69 Å². The number of phenolic OH excluding ortho intramolecular Hbond substituents is 1. The van der Waals surface area contributed by atoms with E-state index < -0.39 is 5.82 Å². The number of benzene rings is 1. The highest BCUT2D eigenvalue weighted by molar-refractivity contribution is 6.00. The van der Waals surface area contributed by atoms with Gasteiger partial charge < -0.3 is 10.0 Å². The van der Waals surface area contributed by atoms with Crippen molar-refractivity contribution >= 4 is 5.78 Å². The first-order chi connectivity index (χ1) is 9.47. The molecule has 0 spiro atoms. The van der Waals surface area contributed by atoms with Crippen molar-refractivity contribution < 1.29 is 14.3 Å². The second-order valence-electron chi connectivity index (χ2n) is 5.61. The third kappa shape index (κ3) is 3.55. The Morgan fingerprint density at radius 3 is 2.95 bits per heavy atom. The topological polar surface area (TPSA) is 43.8 Å². The van der Waals surface area contributed by atoms with Gasteiger partial charge >= 0.3 is 0 Å². The summed E-state index contributed by atoms with van der Waals surface area (Å²) in [5.74, 6) is -0.884. The first kappa shape index (κ1) is 14.9. The van der Waals surface area contributed by atoms with Crippen LogP contribution in [0.25, 0.3) is 0 Å². The van der Waals surface area contributed by atoms with E-state index in [0.717, 1.165) is 38.1 Å². The normalized spacial score (nSPS) is 19.7. The Morgan fingerprint density at radius 2 is 2.25 bits per heavy atom. The van der Waals surface area contributed by atoms with Crippen LogP contribution in [0, 0.1) is 5.82 Å². The van der Waals surface area contributed by atoms with Crippen molar-refractivity contribution in [2.45, 2.75) is 18.9 Å². The quantitative estimate of drug-likeness (QED) is 0.834. The average Bonchev–Trinajstić information content (AvgIpc) is 2.78. The monoisotopic (exact) mass is 280 g/mol. The van der Waals surface area contributed by atoms with Crippen LogP contribution in [0.2, 0.25) is 0 Å². The summed E-state index contributed by atoms with van der Waals surface area (Å²) in [6, 6.07) is 3.83. The lowest BCUT2D eigenvalue weighted by Crippen LogP contribution is -2.40. The van der Waals surface area contributed by atoms with Crippen LogP contribution in [-0.4, -0.2) is 60.5 Å². The Balaban J connectivity index is 2.05. The van der Waals surface area contributed by atoms with E-state index >= 15 is 0 Å². The first-order valence-corrected chi connectivity index (χ1v) is 6.88. The van der Waals surface area contributed by atoms with Crippen molar-refractivity contribution in [1.29, 1.82) is 0 Å². The van der Waals surface area contributed by atoms with Crippen LogP contribution in [0.1, 0.15) is 23.2 Å². The molecule has 1 aliphatic heterocycles. The van der Waals surface area contributed by atoms with Crippen molar-refractivity contribution in [2.24, 2.45) is 0 Å². The summed E-state index contributed by atoms with van der Waals surface area (Å²) in [5.41, 5.74) is 0.0699. The molecule has 5 heteroatoms. The van der Waals surface area contributed by atoms with Crippen LogP contribution < -0.4 is 0 Å². The van der Waals surface area contributed by atoms with Gasteiger partial charge in [-0.15, -0.1) is 0 Å². The molecule has 1 aliphatic rings. The van der Waals surface area contributed by atoms with Crippen LogP contribution >= 0.6 is 0 Å². The fourth-order valence-electron chi connectivity index (χ4n) is 2.73. The summed E-state index contributed by atoms with van der Waals surface area (Å²) < 4.78 is 13.2. The Bertz CT molecular complexity index is 491. The van der Waals surface area contributed by atoms with E-state index in [1.165, 1.54) is 6.07 Å². The number of hydrogen-bond donors (Lipinski definition) is 1. The molecule has 1 fully saturated rings. The highest BCUT2D eigenvalue weighted by Gasteiger charge is 2.27. The molecule has 1 N–H and O–H groups in total. The number of nitrogens with zero attached hydrogens (tertiary/aromatic N) is 2. The highest BCUT2D eigenvalue weighted by Crippen LogP contribution is 2.22. The summed E-state index contributed by atoms with van der Waals surface area (Å²) in [7, 11) is 4.02. The lowest BCUT2D eigenvalue weighted by Gasteiger charge is -2.26. The van der Waals surface area contributed by atoms with Gasteiger partial charge in [0.1, 0.15) is 11.6 Å². The molecule has 1 aromatic carbocycles. The van der Waals surface area contributed by atoms with Gasteiger partial charge in [-0.1, -0.05) is 0 Å². The Morgan fingerprint density at radius 1 is 1.50 bits per heavy atom. The van der Waals surface area contributed by atoms with Crippen molar-refractivity contribution in [3.05, 3.63) is 29.6 Å². The summed E-state index contributed by atoms with van der Waals surface area (Å²) >= 11 is 0. The van der Waals surface area contributed by atoms with Gasteiger partial charge in [0.05, 0.1) is 12.1 Å². The number of rotatable bonds is 5. The predicted molar refractivity (Wildman–Crippen MR) is 75.5 cm³/mol. The number of halogens is 1. The van der Waals surface area contributed by atoms with Crippen LogP contribution in [0.15, 0.2) is 18.2 Å². The Hall–Kier alpha value is -1.46. The van der Waals surface area contributed by atoms with Crippen LogP contribution in [0.4, 0.5) is 4.39 Å². The number of likely N-dealkylation sites (N-methyl/N-ethyl adjacent to an activating group) is 1. The maximum Gasteiger partial charge on any atom is 0.180 e. The molecule has 0 radical (unpaired) electrons. The molecule has 2 rings (SSSR count). The molecule has 1 heterocycles. The predicted octanol–water partition coefficient (Wildman–Crippen LogP) is 1.74.